The van der Waals surface area contributed by atoms with Crippen LogP contribution in [0.3, 0.4) is 0 Å². The molecule has 0 bridgehead atoms. The maximum absolute atomic E-state index is 11.9. The number of benzene rings is 1. The van der Waals surface area contributed by atoms with Crippen LogP contribution in [-0.4, -0.2) is 18.7 Å². The van der Waals surface area contributed by atoms with Crippen LogP contribution >= 0.6 is 15.9 Å². The first-order valence-electron chi connectivity index (χ1n) is 5.27. The zero-order valence-corrected chi connectivity index (χ0v) is 12.3. The van der Waals surface area contributed by atoms with Crippen LogP contribution in [0.2, 0.25) is 0 Å². The quantitative estimate of drug-likeness (QED) is 0.829. The summed E-state index contributed by atoms with van der Waals surface area (Å²) in [5.74, 6) is 0.0499. The Labute approximate surface area is 118 Å². The molecule has 2 N–H and O–H groups in total. The third-order valence-electron chi connectivity index (χ3n) is 2.27. The normalized spacial score (nSPS) is 11.5. The van der Waals surface area contributed by atoms with E-state index in [-0.39, 0.29) is 17.2 Å². The molecule has 0 aliphatic rings. The maximum Gasteiger partial charge on any atom is 0.238 e. The molecule has 8 heteroatoms. The van der Waals surface area contributed by atoms with Crippen molar-refractivity contribution in [2.75, 3.05) is 4.72 Å². The molecule has 1 heterocycles. The van der Waals surface area contributed by atoms with Gasteiger partial charge < -0.3 is 9.63 Å². The van der Waals surface area contributed by atoms with Gasteiger partial charge in [-0.1, -0.05) is 11.2 Å². The van der Waals surface area contributed by atoms with Crippen LogP contribution in [0.15, 0.2) is 33.3 Å². The van der Waals surface area contributed by atoms with E-state index in [9.17, 15) is 13.5 Å². The van der Waals surface area contributed by atoms with Crippen LogP contribution in [0.25, 0.3) is 0 Å². The summed E-state index contributed by atoms with van der Waals surface area (Å²) in [6.07, 6.45) is 0. The standard InChI is InChI=1S/C11H11BrN2O4S/c1-7-5-8(13-18-7)6-19(16,17)14-10-4-2-3-9(12)11(10)15/h2-5,14-15H,6H2,1H3. The molecule has 2 rings (SSSR count). The van der Waals surface area contributed by atoms with Gasteiger partial charge in [0.1, 0.15) is 17.2 Å². The number of nitrogens with one attached hydrogen (secondary N) is 1. The highest BCUT2D eigenvalue weighted by Crippen LogP contribution is 2.32. The number of para-hydroxylation sites is 1. The van der Waals surface area contributed by atoms with E-state index < -0.39 is 10.0 Å². The van der Waals surface area contributed by atoms with E-state index >= 15 is 0 Å². The SMILES string of the molecule is Cc1cc(CS(=O)(=O)Nc2cccc(Br)c2O)no1. The van der Waals surface area contributed by atoms with Gasteiger partial charge in [-0.25, -0.2) is 8.42 Å². The molecule has 0 amide bonds. The van der Waals surface area contributed by atoms with E-state index in [4.69, 9.17) is 4.52 Å². The zero-order valence-electron chi connectivity index (χ0n) is 9.92. The second-order valence-corrected chi connectivity index (χ2v) is 6.50. The molecule has 1 aromatic carbocycles. The van der Waals surface area contributed by atoms with Gasteiger partial charge in [-0.05, 0) is 35.0 Å². The van der Waals surface area contributed by atoms with Crippen molar-refractivity contribution >= 4 is 31.6 Å². The number of aromatic nitrogens is 1. The highest BCUT2D eigenvalue weighted by molar-refractivity contribution is 9.10. The summed E-state index contributed by atoms with van der Waals surface area (Å²) in [5.41, 5.74) is 0.411. The number of sulfonamides is 1. The van der Waals surface area contributed by atoms with Gasteiger partial charge in [0.05, 0.1) is 10.2 Å². The fraction of sp³-hybridized carbons (Fsp3) is 0.182. The molecule has 1 aromatic heterocycles. The molecular formula is C11H11BrN2O4S. The number of nitrogens with zero attached hydrogens (tertiary/aromatic N) is 1. The molecule has 6 nitrogen and oxygen atoms in total. The molecule has 0 saturated carbocycles. The lowest BCUT2D eigenvalue weighted by Crippen LogP contribution is -2.15. The number of aryl methyl sites for hydroxylation is 1. The summed E-state index contributed by atoms with van der Waals surface area (Å²) in [4.78, 5) is 0. The van der Waals surface area contributed by atoms with Crippen molar-refractivity contribution in [1.29, 1.82) is 0 Å². The number of rotatable bonds is 4. The average molecular weight is 347 g/mol. The topological polar surface area (TPSA) is 92.4 Å². The predicted molar refractivity (Wildman–Crippen MR) is 73.3 cm³/mol. The van der Waals surface area contributed by atoms with Gasteiger partial charge >= 0.3 is 0 Å². The Hall–Kier alpha value is -1.54. The van der Waals surface area contributed by atoms with Crippen LogP contribution in [-0.2, 0) is 15.8 Å². The van der Waals surface area contributed by atoms with Crippen LogP contribution in [0.5, 0.6) is 5.75 Å². The Balaban J connectivity index is 2.19. The molecule has 0 spiro atoms. The highest BCUT2D eigenvalue weighted by Gasteiger charge is 2.17. The summed E-state index contributed by atoms with van der Waals surface area (Å²) in [5, 5.41) is 13.3. The monoisotopic (exact) mass is 346 g/mol. The Kier molecular flexibility index (Phi) is 3.81. The van der Waals surface area contributed by atoms with Crippen molar-refractivity contribution in [3.63, 3.8) is 0 Å². The van der Waals surface area contributed by atoms with Gasteiger partial charge in [0.15, 0.2) is 5.75 Å². The van der Waals surface area contributed by atoms with Crippen molar-refractivity contribution in [1.82, 2.24) is 5.16 Å². The van der Waals surface area contributed by atoms with Gasteiger partial charge in [-0.15, -0.1) is 0 Å². The first-order valence-corrected chi connectivity index (χ1v) is 7.72. The molecule has 0 atom stereocenters. The Morgan fingerprint density at radius 1 is 1.47 bits per heavy atom. The molecule has 0 saturated heterocycles. The van der Waals surface area contributed by atoms with E-state index in [0.717, 1.165) is 0 Å². The molecule has 102 valence electrons. The van der Waals surface area contributed by atoms with Gasteiger partial charge in [0.2, 0.25) is 10.0 Å². The van der Waals surface area contributed by atoms with E-state index in [1.807, 2.05) is 0 Å². The second-order valence-electron chi connectivity index (χ2n) is 3.93. The number of phenolic OH excluding ortho intramolecular Hbond substituents is 1. The average Bonchev–Trinajstić information content (AvgIpc) is 2.69. The fourth-order valence-corrected chi connectivity index (χ4v) is 2.95. The Morgan fingerprint density at radius 3 is 2.84 bits per heavy atom. The molecule has 0 radical (unpaired) electrons. The van der Waals surface area contributed by atoms with E-state index in [2.05, 4.69) is 25.8 Å². The van der Waals surface area contributed by atoms with Gasteiger partial charge in [0, 0.05) is 6.07 Å². The number of halogens is 1. The van der Waals surface area contributed by atoms with Crippen molar-refractivity contribution in [3.05, 3.63) is 40.2 Å². The summed E-state index contributed by atoms with van der Waals surface area (Å²) in [6.45, 7) is 1.68. The van der Waals surface area contributed by atoms with Crippen LogP contribution in [0, 0.1) is 6.92 Å². The lowest BCUT2D eigenvalue weighted by atomic mass is 10.3. The molecule has 19 heavy (non-hydrogen) atoms. The molecule has 0 fully saturated rings. The Morgan fingerprint density at radius 2 is 2.21 bits per heavy atom. The smallest absolute Gasteiger partial charge is 0.238 e. The number of phenols is 1. The van der Waals surface area contributed by atoms with Crippen LogP contribution in [0.1, 0.15) is 11.5 Å². The molecular weight excluding hydrogens is 336 g/mol. The lowest BCUT2D eigenvalue weighted by Gasteiger charge is -2.09. The van der Waals surface area contributed by atoms with E-state index in [1.165, 1.54) is 6.07 Å². The molecule has 0 aliphatic carbocycles. The zero-order chi connectivity index (χ0) is 14.0. The van der Waals surface area contributed by atoms with Gasteiger partial charge in [0.25, 0.3) is 0 Å². The number of anilines is 1. The molecule has 0 aliphatic heterocycles. The van der Waals surface area contributed by atoms with Crippen molar-refractivity contribution < 1.29 is 18.0 Å². The Bertz CT molecular complexity index is 696. The maximum atomic E-state index is 11.9. The first-order chi connectivity index (χ1) is 8.87. The summed E-state index contributed by atoms with van der Waals surface area (Å²) >= 11 is 3.11. The minimum Gasteiger partial charge on any atom is -0.505 e. The second kappa shape index (κ2) is 5.22. The minimum absolute atomic E-state index is 0.106. The van der Waals surface area contributed by atoms with E-state index in [0.29, 0.717) is 15.9 Å². The van der Waals surface area contributed by atoms with Crippen LogP contribution in [0.4, 0.5) is 5.69 Å². The third kappa shape index (κ3) is 3.48. The summed E-state index contributed by atoms with van der Waals surface area (Å²) in [7, 11) is -3.67. The van der Waals surface area contributed by atoms with Crippen molar-refractivity contribution in [3.8, 4) is 5.75 Å². The number of hydrogen-bond donors (Lipinski definition) is 2. The van der Waals surface area contributed by atoms with E-state index in [1.54, 1.807) is 25.1 Å². The largest absolute Gasteiger partial charge is 0.505 e. The van der Waals surface area contributed by atoms with Gasteiger partial charge in [-0.3, -0.25) is 4.72 Å². The molecule has 2 aromatic rings. The fourth-order valence-electron chi connectivity index (χ4n) is 1.48. The minimum atomic E-state index is -3.67. The van der Waals surface area contributed by atoms with Gasteiger partial charge in [-0.2, -0.15) is 0 Å². The number of aromatic hydroxyl groups is 1. The van der Waals surface area contributed by atoms with Crippen molar-refractivity contribution in [2.45, 2.75) is 12.7 Å². The summed E-state index contributed by atoms with van der Waals surface area (Å²) in [6, 6.07) is 6.22. The predicted octanol–water partition coefficient (Wildman–Crippen LogP) is 2.39. The van der Waals surface area contributed by atoms with Crippen molar-refractivity contribution in [2.24, 2.45) is 0 Å². The summed E-state index contributed by atoms with van der Waals surface area (Å²) < 4.78 is 31.4. The highest BCUT2D eigenvalue weighted by atomic mass is 79.9. The molecule has 0 unspecified atom stereocenters. The lowest BCUT2D eigenvalue weighted by molar-refractivity contribution is 0.392. The van der Waals surface area contributed by atoms with Crippen LogP contribution < -0.4 is 4.72 Å². The first kappa shape index (κ1) is 13.9. The number of hydrogen-bond acceptors (Lipinski definition) is 5. The third-order valence-corrected chi connectivity index (χ3v) is 4.11.